The molecule has 2 N–H and O–H groups in total. The Labute approximate surface area is 263 Å². The van der Waals surface area contributed by atoms with Gasteiger partial charge in [-0.3, -0.25) is 9.88 Å². The number of fused-ring (bicyclic) bond motifs is 2. The van der Waals surface area contributed by atoms with E-state index in [4.69, 9.17) is 30.8 Å². The van der Waals surface area contributed by atoms with Crippen molar-refractivity contribution in [3.8, 4) is 22.9 Å². The molecule has 10 nitrogen and oxygen atoms in total. The van der Waals surface area contributed by atoms with Crippen molar-refractivity contribution in [1.29, 1.82) is 0 Å². The van der Waals surface area contributed by atoms with E-state index >= 15 is 0 Å². The number of likely N-dealkylation sites (tertiary alicyclic amines) is 1. The van der Waals surface area contributed by atoms with Gasteiger partial charge in [-0.1, -0.05) is 23.7 Å². The van der Waals surface area contributed by atoms with Crippen molar-refractivity contribution in [2.45, 2.75) is 57.1 Å². The lowest BCUT2D eigenvalue weighted by Gasteiger charge is -2.33. The molecule has 3 aromatic carbocycles. The molecule has 0 saturated carbocycles. The van der Waals surface area contributed by atoms with Gasteiger partial charge in [-0.15, -0.1) is 0 Å². The van der Waals surface area contributed by atoms with Crippen molar-refractivity contribution in [3.63, 3.8) is 0 Å². The van der Waals surface area contributed by atoms with Crippen LogP contribution in [-0.4, -0.2) is 55.4 Å². The highest BCUT2D eigenvalue weighted by atomic mass is 35.5. The lowest BCUT2D eigenvalue weighted by molar-refractivity contribution is -0.0712. The van der Waals surface area contributed by atoms with Crippen LogP contribution in [0.4, 0.5) is 4.39 Å². The molecule has 3 aliphatic rings. The van der Waals surface area contributed by atoms with Gasteiger partial charge >= 0.3 is 5.69 Å². The molecule has 5 heterocycles. The molecule has 2 fully saturated rings. The quantitative estimate of drug-likeness (QED) is 0.237. The molecule has 232 valence electrons. The number of aromatic nitrogens is 5. The maximum Gasteiger partial charge on any atom is 0.340 e. The molecular weight excluding hydrogens is 599 g/mol. The molecular formula is C33H32ClFN6O4. The number of nitrogens with one attached hydrogen (secondary N) is 2. The van der Waals surface area contributed by atoms with Crippen LogP contribution in [0.2, 0.25) is 5.02 Å². The van der Waals surface area contributed by atoms with E-state index in [0.29, 0.717) is 34.5 Å². The zero-order valence-corrected chi connectivity index (χ0v) is 25.4. The van der Waals surface area contributed by atoms with Crippen LogP contribution in [0.1, 0.15) is 49.1 Å². The van der Waals surface area contributed by atoms with Gasteiger partial charge < -0.3 is 18.8 Å². The van der Waals surface area contributed by atoms with Gasteiger partial charge in [-0.25, -0.2) is 19.3 Å². The van der Waals surface area contributed by atoms with Gasteiger partial charge in [0.05, 0.1) is 35.8 Å². The van der Waals surface area contributed by atoms with Gasteiger partial charge in [0.15, 0.2) is 17.3 Å². The average Bonchev–Trinajstić information content (AvgIpc) is 3.69. The molecule has 5 aromatic rings. The third kappa shape index (κ3) is 5.18. The molecule has 0 bridgehead atoms. The first kappa shape index (κ1) is 28.3. The Morgan fingerprint density at radius 3 is 2.67 bits per heavy atom. The summed E-state index contributed by atoms with van der Waals surface area (Å²) in [6.07, 6.45) is 3.10. The summed E-state index contributed by atoms with van der Waals surface area (Å²) in [5, 5.41) is 6.83. The van der Waals surface area contributed by atoms with Crippen LogP contribution in [0.25, 0.3) is 22.4 Å². The van der Waals surface area contributed by atoms with E-state index in [-0.39, 0.29) is 17.7 Å². The summed E-state index contributed by atoms with van der Waals surface area (Å²) in [5.41, 5.74) is 3.75. The van der Waals surface area contributed by atoms with Crippen LogP contribution < -0.4 is 15.2 Å². The first-order chi connectivity index (χ1) is 21.8. The fourth-order valence-corrected chi connectivity index (χ4v) is 6.89. The third-order valence-corrected chi connectivity index (χ3v) is 9.44. The Hall–Kier alpha value is -4.19. The number of H-pyrrole nitrogens is 2. The van der Waals surface area contributed by atoms with Crippen molar-refractivity contribution in [1.82, 2.24) is 29.6 Å². The summed E-state index contributed by atoms with van der Waals surface area (Å²) < 4.78 is 35.5. The van der Waals surface area contributed by atoms with Crippen LogP contribution >= 0.6 is 11.6 Å². The highest BCUT2D eigenvalue weighted by molar-refractivity contribution is 6.30. The van der Waals surface area contributed by atoms with Crippen molar-refractivity contribution in [2.24, 2.45) is 0 Å². The number of piperidine rings is 1. The second-order valence-corrected chi connectivity index (χ2v) is 12.6. The predicted molar refractivity (Wildman–Crippen MR) is 166 cm³/mol. The van der Waals surface area contributed by atoms with E-state index in [0.717, 1.165) is 73.5 Å². The number of halogens is 2. The first-order valence-corrected chi connectivity index (χ1v) is 15.7. The molecule has 2 saturated heterocycles. The summed E-state index contributed by atoms with van der Waals surface area (Å²) in [5.74, 6) is 1.32. The van der Waals surface area contributed by atoms with Gasteiger partial charge in [-0.2, -0.15) is 5.10 Å². The van der Waals surface area contributed by atoms with E-state index in [1.165, 1.54) is 6.07 Å². The second-order valence-electron chi connectivity index (χ2n) is 12.1. The monoisotopic (exact) mass is 630 g/mol. The van der Waals surface area contributed by atoms with E-state index in [1.54, 1.807) is 19.1 Å². The number of hydrogen-bond acceptors (Lipinski definition) is 7. The van der Waals surface area contributed by atoms with Gasteiger partial charge in [0.2, 0.25) is 0 Å². The summed E-state index contributed by atoms with van der Waals surface area (Å²) >= 11 is 5.99. The predicted octanol–water partition coefficient (Wildman–Crippen LogP) is 5.72. The van der Waals surface area contributed by atoms with Gasteiger partial charge in [0.25, 0.3) is 5.79 Å². The zero-order chi connectivity index (χ0) is 30.7. The van der Waals surface area contributed by atoms with Gasteiger partial charge in [-0.05, 0) is 80.7 Å². The lowest BCUT2D eigenvalue weighted by atomic mass is 9.88. The Bertz CT molecular complexity index is 1960. The maximum atomic E-state index is 14.9. The molecule has 2 atom stereocenters. The molecule has 8 rings (SSSR count). The largest absolute Gasteiger partial charge is 0.444 e. The molecule has 0 spiro atoms. The normalized spacial score (nSPS) is 21.8. The summed E-state index contributed by atoms with van der Waals surface area (Å²) in [4.78, 5) is 21.8. The highest BCUT2D eigenvalue weighted by Gasteiger charge is 2.43. The zero-order valence-electron chi connectivity index (χ0n) is 24.7. The summed E-state index contributed by atoms with van der Waals surface area (Å²) in [6, 6.07) is 16.5. The van der Waals surface area contributed by atoms with Crippen LogP contribution in [0.15, 0.2) is 59.4 Å². The molecule has 0 radical (unpaired) electrons. The van der Waals surface area contributed by atoms with Crippen molar-refractivity contribution in [3.05, 3.63) is 92.9 Å². The number of para-hydroxylation sites is 1. The van der Waals surface area contributed by atoms with Crippen molar-refractivity contribution in [2.75, 3.05) is 19.7 Å². The van der Waals surface area contributed by atoms with E-state index in [2.05, 4.69) is 30.7 Å². The number of nitrogens with zero attached hydrogens (tertiary/aromatic N) is 4. The Kier molecular flexibility index (Phi) is 6.92. The molecule has 2 aromatic heterocycles. The molecule has 2 unspecified atom stereocenters. The topological polar surface area (TPSA) is 110 Å². The Morgan fingerprint density at radius 1 is 1.09 bits per heavy atom. The minimum Gasteiger partial charge on any atom is -0.444 e. The van der Waals surface area contributed by atoms with Crippen LogP contribution in [-0.2, 0) is 23.6 Å². The van der Waals surface area contributed by atoms with E-state index in [1.807, 2.05) is 30.3 Å². The van der Waals surface area contributed by atoms with Gasteiger partial charge in [0.1, 0.15) is 11.6 Å². The molecule has 3 aliphatic heterocycles. The molecule has 0 amide bonds. The standard InChI is InChI=1S/C33H32ClFN6O4/c1-33(24-7-6-21(34)16-25(24)35)44-28-4-2-3-23(30(28)45-33)19-9-12-40(13-10-19)18-29-36-26-15-20(31-37-32(42)39-38-31)5-8-27(26)41(29)17-22-11-14-43-22/h2-8,15-16,19,22H,9-14,17-18H2,1H3,(H2,37,38,39,42). The smallest absolute Gasteiger partial charge is 0.340 e. The SMILES string of the molecule is CC1(c2ccc(Cl)cc2F)Oc2cccc(C3CCN(Cc4nc5cc(-c6n[nH]c(=O)[nH]6)ccc5n4CC4CCO4)CC3)c2O1. The fraction of sp³-hybridized carbons (Fsp3) is 0.364. The molecule has 12 heteroatoms. The number of aromatic amines is 2. The molecule has 0 aliphatic carbocycles. The highest BCUT2D eigenvalue weighted by Crippen LogP contribution is 2.50. The van der Waals surface area contributed by atoms with Crippen LogP contribution in [0.3, 0.4) is 0 Å². The Balaban J connectivity index is 1.00. The fourth-order valence-electron chi connectivity index (χ4n) is 6.73. The van der Waals surface area contributed by atoms with Gasteiger partial charge in [0, 0.05) is 29.7 Å². The third-order valence-electron chi connectivity index (χ3n) is 9.21. The van der Waals surface area contributed by atoms with Crippen molar-refractivity contribution < 1.29 is 18.6 Å². The van der Waals surface area contributed by atoms with Crippen molar-refractivity contribution >= 4 is 22.6 Å². The van der Waals surface area contributed by atoms with E-state index in [9.17, 15) is 9.18 Å². The minimum absolute atomic E-state index is 0.184. The number of hydrogen-bond donors (Lipinski definition) is 2. The summed E-state index contributed by atoms with van der Waals surface area (Å²) in [7, 11) is 0. The number of benzene rings is 3. The maximum absolute atomic E-state index is 14.9. The lowest BCUT2D eigenvalue weighted by Crippen LogP contribution is -2.35. The Morgan fingerprint density at radius 2 is 1.93 bits per heavy atom. The average molecular weight is 631 g/mol. The molecule has 45 heavy (non-hydrogen) atoms. The number of imidazole rings is 1. The van der Waals surface area contributed by atoms with Crippen LogP contribution in [0, 0.1) is 5.82 Å². The second kappa shape index (κ2) is 11.0. The minimum atomic E-state index is -1.27. The number of rotatable bonds is 7. The first-order valence-electron chi connectivity index (χ1n) is 15.3. The summed E-state index contributed by atoms with van der Waals surface area (Å²) in [6.45, 7) is 5.78. The van der Waals surface area contributed by atoms with Crippen LogP contribution in [0.5, 0.6) is 11.5 Å². The van der Waals surface area contributed by atoms with E-state index < -0.39 is 11.6 Å². The number of ether oxygens (including phenoxy) is 3.